The number of nitrogens with zero attached hydrogens (tertiary/aromatic N) is 2. The van der Waals surface area contributed by atoms with Crippen LogP contribution in [0.25, 0.3) is 0 Å². The summed E-state index contributed by atoms with van der Waals surface area (Å²) < 4.78 is 0. The predicted octanol–water partition coefficient (Wildman–Crippen LogP) is 2.86. The molecule has 0 aromatic carbocycles. The van der Waals surface area contributed by atoms with Gasteiger partial charge >= 0.3 is 0 Å². The molecule has 3 fully saturated rings. The van der Waals surface area contributed by atoms with E-state index in [0.717, 1.165) is 24.7 Å². The minimum absolute atomic E-state index is 0.471. The van der Waals surface area contributed by atoms with E-state index in [1.54, 1.807) is 0 Å². The predicted molar refractivity (Wildman–Crippen MR) is 89.7 cm³/mol. The minimum atomic E-state index is 0.471. The number of piperidine rings is 2. The van der Waals surface area contributed by atoms with E-state index in [9.17, 15) is 0 Å². The number of hydrogen-bond donors (Lipinski definition) is 1. The molecule has 21 heavy (non-hydrogen) atoms. The second-order valence-electron chi connectivity index (χ2n) is 7.96. The summed E-state index contributed by atoms with van der Waals surface area (Å²) in [7, 11) is 4.62. The first-order valence-electron chi connectivity index (χ1n) is 9.31. The molecule has 0 aromatic rings. The number of hydrogen-bond acceptors (Lipinski definition) is 3. The zero-order chi connectivity index (χ0) is 14.9. The molecule has 2 heterocycles. The van der Waals surface area contributed by atoms with Gasteiger partial charge < -0.3 is 10.2 Å². The average Bonchev–Trinajstić information content (AvgIpc) is 2.90. The first-order chi connectivity index (χ1) is 10.1. The third-order valence-electron chi connectivity index (χ3n) is 6.58. The number of nitrogens with one attached hydrogen (secondary N) is 1. The molecule has 0 spiro atoms. The molecule has 2 aliphatic heterocycles. The fourth-order valence-electron chi connectivity index (χ4n) is 5.31. The molecule has 0 amide bonds. The number of fused-ring (bicyclic) bond motifs is 2. The van der Waals surface area contributed by atoms with Crippen molar-refractivity contribution in [2.45, 2.75) is 88.4 Å². The van der Waals surface area contributed by atoms with Crippen LogP contribution in [0.5, 0.6) is 0 Å². The van der Waals surface area contributed by atoms with Gasteiger partial charge in [-0.2, -0.15) is 0 Å². The quantitative estimate of drug-likeness (QED) is 0.841. The van der Waals surface area contributed by atoms with Crippen molar-refractivity contribution in [1.29, 1.82) is 0 Å². The van der Waals surface area contributed by atoms with Gasteiger partial charge in [0.15, 0.2) is 0 Å². The Hall–Kier alpha value is -0.120. The largest absolute Gasteiger partial charge is 0.314 e. The summed E-state index contributed by atoms with van der Waals surface area (Å²) in [6.45, 7) is 4.71. The van der Waals surface area contributed by atoms with Gasteiger partial charge in [0.05, 0.1) is 0 Å². The Labute approximate surface area is 131 Å². The summed E-state index contributed by atoms with van der Waals surface area (Å²) in [4.78, 5) is 5.48. The molecular formula is C18H35N3. The van der Waals surface area contributed by atoms with Crippen LogP contribution in [0, 0.1) is 0 Å². The Morgan fingerprint density at radius 2 is 1.67 bits per heavy atom. The first-order valence-corrected chi connectivity index (χ1v) is 9.31. The van der Waals surface area contributed by atoms with Crippen LogP contribution >= 0.6 is 0 Å². The molecule has 122 valence electrons. The van der Waals surface area contributed by atoms with Crippen LogP contribution in [0.1, 0.15) is 64.7 Å². The molecule has 1 aliphatic carbocycles. The number of likely N-dealkylation sites (N-methyl/N-ethyl adjacent to an activating group) is 1. The molecule has 2 atom stereocenters. The molecule has 3 nitrogen and oxygen atoms in total. The van der Waals surface area contributed by atoms with Crippen LogP contribution < -0.4 is 5.32 Å². The van der Waals surface area contributed by atoms with Crippen molar-refractivity contribution >= 4 is 0 Å². The lowest BCUT2D eigenvalue weighted by Crippen LogP contribution is -2.62. The molecule has 1 N–H and O–H groups in total. The second-order valence-corrected chi connectivity index (χ2v) is 7.96. The maximum atomic E-state index is 3.72. The Balaban J connectivity index is 1.70. The fraction of sp³-hybridized carbons (Fsp3) is 1.00. The highest BCUT2D eigenvalue weighted by atomic mass is 15.3. The van der Waals surface area contributed by atoms with E-state index in [1.807, 2.05) is 0 Å². The van der Waals surface area contributed by atoms with Crippen molar-refractivity contribution < 1.29 is 0 Å². The average molecular weight is 293 g/mol. The van der Waals surface area contributed by atoms with Gasteiger partial charge in [0, 0.05) is 30.2 Å². The van der Waals surface area contributed by atoms with E-state index >= 15 is 0 Å². The second kappa shape index (κ2) is 6.55. The maximum Gasteiger partial charge on any atom is 0.0330 e. The molecule has 0 radical (unpaired) electrons. The highest BCUT2D eigenvalue weighted by Gasteiger charge is 2.44. The van der Waals surface area contributed by atoms with Crippen molar-refractivity contribution in [2.75, 3.05) is 27.2 Å². The van der Waals surface area contributed by atoms with Crippen LogP contribution in [0.3, 0.4) is 0 Å². The zero-order valence-electron chi connectivity index (χ0n) is 14.4. The molecule has 0 aromatic heterocycles. The van der Waals surface area contributed by atoms with Crippen molar-refractivity contribution in [1.82, 2.24) is 15.1 Å². The van der Waals surface area contributed by atoms with Crippen molar-refractivity contribution in [3.05, 3.63) is 0 Å². The molecule has 2 bridgehead atoms. The van der Waals surface area contributed by atoms with Gasteiger partial charge in [-0.1, -0.05) is 26.2 Å². The van der Waals surface area contributed by atoms with Gasteiger partial charge in [-0.25, -0.2) is 0 Å². The van der Waals surface area contributed by atoms with Crippen LogP contribution in [-0.2, 0) is 0 Å². The maximum absolute atomic E-state index is 3.72. The summed E-state index contributed by atoms with van der Waals surface area (Å²) in [5.74, 6) is 0. The molecule has 2 unspecified atom stereocenters. The Morgan fingerprint density at radius 3 is 2.19 bits per heavy atom. The van der Waals surface area contributed by atoms with Crippen molar-refractivity contribution in [2.24, 2.45) is 0 Å². The summed E-state index contributed by atoms with van der Waals surface area (Å²) in [5.41, 5.74) is 0.471. The zero-order valence-corrected chi connectivity index (χ0v) is 14.4. The van der Waals surface area contributed by atoms with Crippen LogP contribution in [-0.4, -0.2) is 60.6 Å². The van der Waals surface area contributed by atoms with Gasteiger partial charge in [0.25, 0.3) is 0 Å². The topological polar surface area (TPSA) is 18.5 Å². The molecule has 1 saturated carbocycles. The fourth-order valence-corrected chi connectivity index (χ4v) is 5.31. The Morgan fingerprint density at radius 1 is 1.05 bits per heavy atom. The normalized spacial score (nSPS) is 36.3. The van der Waals surface area contributed by atoms with Crippen molar-refractivity contribution in [3.63, 3.8) is 0 Å². The van der Waals surface area contributed by atoms with Gasteiger partial charge in [-0.3, -0.25) is 4.90 Å². The molecule has 3 aliphatic rings. The molecule has 2 saturated heterocycles. The third-order valence-corrected chi connectivity index (χ3v) is 6.58. The highest BCUT2D eigenvalue weighted by molar-refractivity contribution is 5.02. The molecule has 3 rings (SSSR count). The highest BCUT2D eigenvalue weighted by Crippen LogP contribution is 2.40. The Kier molecular flexibility index (Phi) is 4.92. The molecule has 3 heteroatoms. The third kappa shape index (κ3) is 3.16. The summed E-state index contributed by atoms with van der Waals surface area (Å²) in [6.07, 6.45) is 12.8. The standard InChI is InChI=1S/C18H35N3/c1-4-19-15-12-16-8-7-9-17(13-15)21(16)14-18(20(2)3)10-5-6-11-18/h15-17,19H,4-14H2,1-3H3. The van der Waals surface area contributed by atoms with E-state index in [2.05, 4.69) is 36.1 Å². The SMILES string of the molecule is CCNC1CC2CCCC(C1)N2CC1(N(C)C)CCCC1. The van der Waals surface area contributed by atoms with Crippen LogP contribution in [0.2, 0.25) is 0 Å². The van der Waals surface area contributed by atoms with E-state index < -0.39 is 0 Å². The van der Waals surface area contributed by atoms with Gasteiger partial charge in [-0.15, -0.1) is 0 Å². The Bertz CT molecular complexity index is 321. The van der Waals surface area contributed by atoms with Gasteiger partial charge in [0.1, 0.15) is 0 Å². The lowest BCUT2D eigenvalue weighted by Gasteiger charge is -2.53. The van der Waals surface area contributed by atoms with Gasteiger partial charge in [0.2, 0.25) is 0 Å². The summed E-state index contributed by atoms with van der Waals surface area (Å²) >= 11 is 0. The smallest absolute Gasteiger partial charge is 0.0330 e. The monoisotopic (exact) mass is 293 g/mol. The van der Waals surface area contributed by atoms with E-state index in [1.165, 1.54) is 64.3 Å². The molecular weight excluding hydrogens is 258 g/mol. The van der Waals surface area contributed by atoms with Gasteiger partial charge in [-0.05, 0) is 59.2 Å². The first kappa shape index (κ1) is 15.8. The van der Waals surface area contributed by atoms with E-state index in [0.29, 0.717) is 5.54 Å². The number of rotatable bonds is 5. The lowest BCUT2D eigenvalue weighted by atomic mass is 9.80. The minimum Gasteiger partial charge on any atom is -0.314 e. The van der Waals surface area contributed by atoms with E-state index in [4.69, 9.17) is 0 Å². The van der Waals surface area contributed by atoms with E-state index in [-0.39, 0.29) is 0 Å². The summed E-state index contributed by atoms with van der Waals surface area (Å²) in [5, 5.41) is 3.72. The lowest BCUT2D eigenvalue weighted by molar-refractivity contribution is -0.0189. The van der Waals surface area contributed by atoms with Crippen molar-refractivity contribution in [3.8, 4) is 0 Å². The van der Waals surface area contributed by atoms with Crippen LogP contribution in [0.4, 0.5) is 0 Å². The van der Waals surface area contributed by atoms with Crippen LogP contribution in [0.15, 0.2) is 0 Å². The summed E-state index contributed by atoms with van der Waals surface area (Å²) in [6, 6.07) is 2.47.